The van der Waals surface area contributed by atoms with Crippen molar-refractivity contribution in [2.75, 3.05) is 0 Å². The number of hydrogen-bond acceptors (Lipinski definition) is 4. The predicted octanol–water partition coefficient (Wildman–Crippen LogP) is 2.66. The minimum absolute atomic E-state index is 0.0605. The molecule has 1 aromatic heterocycles. The third-order valence-electron chi connectivity index (χ3n) is 4.06. The van der Waals surface area contributed by atoms with Crippen molar-refractivity contribution in [1.82, 2.24) is 14.9 Å². The van der Waals surface area contributed by atoms with Crippen LogP contribution in [0.15, 0.2) is 58.2 Å². The van der Waals surface area contributed by atoms with Gasteiger partial charge < -0.3 is 9.88 Å². The highest BCUT2D eigenvalue weighted by Crippen LogP contribution is 2.21. The molecule has 146 valence electrons. The predicted molar refractivity (Wildman–Crippen MR) is 105 cm³/mol. The Kier molecular flexibility index (Phi) is 5.64. The molecule has 3 rings (SSSR count). The van der Waals surface area contributed by atoms with E-state index >= 15 is 0 Å². The minimum Gasteiger partial charge on any atom is -0.348 e. The smallest absolute Gasteiger partial charge is 0.252 e. The van der Waals surface area contributed by atoms with E-state index in [1.165, 1.54) is 24.3 Å². The summed E-state index contributed by atoms with van der Waals surface area (Å²) < 4.78 is 39.4. The summed E-state index contributed by atoms with van der Waals surface area (Å²) in [6.45, 7) is 1.83. The number of sulfonamides is 1. The number of nitrogens with zero attached hydrogens (tertiary/aromatic N) is 2. The molecule has 0 fully saturated rings. The fourth-order valence-electron chi connectivity index (χ4n) is 2.62. The van der Waals surface area contributed by atoms with Crippen LogP contribution in [0.1, 0.15) is 21.7 Å². The van der Waals surface area contributed by atoms with Crippen LogP contribution in [0.25, 0.3) is 5.69 Å². The number of hydrogen-bond donors (Lipinski definition) is 2. The maximum atomic E-state index is 14.4. The number of rotatable bonds is 5. The zero-order chi connectivity index (χ0) is 20.5. The van der Waals surface area contributed by atoms with E-state index in [1.807, 2.05) is 0 Å². The average molecular weight is 467 g/mol. The first-order chi connectivity index (χ1) is 13.2. The van der Waals surface area contributed by atoms with E-state index in [0.29, 0.717) is 21.5 Å². The van der Waals surface area contributed by atoms with Gasteiger partial charge in [0.25, 0.3) is 5.91 Å². The fraction of sp³-hybridized carbons (Fsp3) is 0.111. The molecule has 0 unspecified atom stereocenters. The van der Waals surface area contributed by atoms with E-state index in [4.69, 9.17) is 5.14 Å². The van der Waals surface area contributed by atoms with Crippen LogP contribution in [-0.4, -0.2) is 23.9 Å². The number of amides is 1. The van der Waals surface area contributed by atoms with E-state index in [2.05, 4.69) is 26.2 Å². The number of carbonyl (C=O) groups is 1. The van der Waals surface area contributed by atoms with Crippen LogP contribution in [0.5, 0.6) is 0 Å². The Bertz CT molecular complexity index is 1160. The zero-order valence-electron chi connectivity index (χ0n) is 14.7. The van der Waals surface area contributed by atoms with Gasteiger partial charge in [0.1, 0.15) is 11.6 Å². The molecule has 0 radical (unpaired) electrons. The van der Waals surface area contributed by atoms with Crippen LogP contribution >= 0.6 is 15.9 Å². The highest BCUT2D eigenvalue weighted by molar-refractivity contribution is 9.10. The van der Waals surface area contributed by atoms with Crippen molar-refractivity contribution in [3.8, 4) is 5.69 Å². The van der Waals surface area contributed by atoms with Crippen molar-refractivity contribution < 1.29 is 17.6 Å². The monoisotopic (exact) mass is 466 g/mol. The number of aromatic nitrogens is 2. The van der Waals surface area contributed by atoms with E-state index in [9.17, 15) is 17.6 Å². The van der Waals surface area contributed by atoms with E-state index < -0.39 is 21.7 Å². The van der Waals surface area contributed by atoms with Crippen LogP contribution in [0.4, 0.5) is 4.39 Å². The number of imidazole rings is 1. The molecule has 0 aliphatic heterocycles. The fourth-order valence-corrected chi connectivity index (χ4v) is 3.59. The molecule has 0 atom stereocenters. The highest BCUT2D eigenvalue weighted by atomic mass is 79.9. The van der Waals surface area contributed by atoms with Gasteiger partial charge in [-0.05, 0) is 58.7 Å². The summed E-state index contributed by atoms with van der Waals surface area (Å²) >= 11 is 3.21. The van der Waals surface area contributed by atoms with Gasteiger partial charge in [-0.25, -0.2) is 22.9 Å². The average Bonchev–Trinajstić information content (AvgIpc) is 3.05. The summed E-state index contributed by atoms with van der Waals surface area (Å²) in [6.07, 6.45) is 3.24. The minimum atomic E-state index is -3.94. The summed E-state index contributed by atoms with van der Waals surface area (Å²) in [5.41, 5.74) is 1.01. The van der Waals surface area contributed by atoms with E-state index in [-0.39, 0.29) is 17.0 Å². The maximum absolute atomic E-state index is 14.4. The Hall–Kier alpha value is -2.56. The highest BCUT2D eigenvalue weighted by Gasteiger charge is 2.16. The Balaban J connectivity index is 1.77. The molecule has 7 nitrogen and oxygen atoms in total. The molecule has 2 aromatic carbocycles. The van der Waals surface area contributed by atoms with Gasteiger partial charge in [0.2, 0.25) is 10.0 Å². The molecule has 10 heteroatoms. The quantitative estimate of drug-likeness (QED) is 0.602. The van der Waals surface area contributed by atoms with Crippen molar-refractivity contribution in [3.63, 3.8) is 0 Å². The van der Waals surface area contributed by atoms with Crippen molar-refractivity contribution in [3.05, 3.63) is 76.0 Å². The largest absolute Gasteiger partial charge is 0.348 e. The molecule has 3 aromatic rings. The molecule has 0 saturated heterocycles. The van der Waals surface area contributed by atoms with Crippen molar-refractivity contribution in [2.24, 2.45) is 5.14 Å². The van der Waals surface area contributed by atoms with Crippen LogP contribution in [0.2, 0.25) is 0 Å². The molecule has 0 aliphatic rings. The van der Waals surface area contributed by atoms with Gasteiger partial charge >= 0.3 is 0 Å². The zero-order valence-corrected chi connectivity index (χ0v) is 17.1. The van der Waals surface area contributed by atoms with Gasteiger partial charge in [0.05, 0.1) is 16.1 Å². The van der Waals surface area contributed by atoms with Crippen molar-refractivity contribution >= 4 is 31.9 Å². The lowest BCUT2D eigenvalue weighted by Gasteiger charge is -2.11. The second-order valence-corrected chi connectivity index (χ2v) is 8.42. The summed E-state index contributed by atoms with van der Waals surface area (Å²) in [7, 11) is -3.94. The van der Waals surface area contributed by atoms with Gasteiger partial charge in [0.15, 0.2) is 0 Å². The maximum Gasteiger partial charge on any atom is 0.252 e. The summed E-state index contributed by atoms with van der Waals surface area (Å²) in [5, 5.41) is 7.74. The molecule has 3 N–H and O–H groups in total. The molecule has 1 amide bonds. The lowest BCUT2D eigenvalue weighted by Crippen LogP contribution is -2.24. The molecular weight excluding hydrogens is 451 g/mol. The van der Waals surface area contributed by atoms with Crippen LogP contribution in [0.3, 0.4) is 0 Å². The molecule has 1 heterocycles. The van der Waals surface area contributed by atoms with Crippen LogP contribution in [-0.2, 0) is 16.6 Å². The number of halogens is 2. The second-order valence-electron chi connectivity index (χ2n) is 6.00. The normalized spacial score (nSPS) is 11.4. The van der Waals surface area contributed by atoms with Gasteiger partial charge in [-0.3, -0.25) is 4.79 Å². The third-order valence-corrected chi connectivity index (χ3v) is 5.66. The van der Waals surface area contributed by atoms with E-state index in [0.717, 1.165) is 0 Å². The first-order valence-corrected chi connectivity index (χ1v) is 10.4. The molecular formula is C18H16BrFN4O3S. The summed E-state index contributed by atoms with van der Waals surface area (Å²) in [5.74, 6) is -0.322. The van der Waals surface area contributed by atoms with Crippen molar-refractivity contribution in [1.29, 1.82) is 0 Å². The molecule has 0 bridgehead atoms. The Morgan fingerprint density at radius 3 is 2.64 bits per heavy atom. The lowest BCUT2D eigenvalue weighted by molar-refractivity contribution is 0.0950. The van der Waals surface area contributed by atoms with Gasteiger partial charge in [-0.15, -0.1) is 0 Å². The van der Waals surface area contributed by atoms with Gasteiger partial charge in [-0.1, -0.05) is 6.07 Å². The Morgan fingerprint density at radius 2 is 2.04 bits per heavy atom. The molecule has 0 spiro atoms. The molecule has 28 heavy (non-hydrogen) atoms. The summed E-state index contributed by atoms with van der Waals surface area (Å²) in [4.78, 5) is 16.3. The number of primary sulfonamides is 1. The number of benzene rings is 2. The molecule has 0 saturated carbocycles. The number of nitrogens with one attached hydrogen (secondary N) is 1. The molecule has 0 aliphatic carbocycles. The first kappa shape index (κ1) is 20.2. The number of aryl methyl sites for hydroxylation is 1. The second kappa shape index (κ2) is 7.82. The topological polar surface area (TPSA) is 107 Å². The lowest BCUT2D eigenvalue weighted by atomic mass is 10.1. The number of carbonyl (C=O) groups excluding carboxylic acids is 1. The summed E-state index contributed by atoms with van der Waals surface area (Å²) in [6, 6.07) is 8.51. The van der Waals surface area contributed by atoms with Gasteiger partial charge in [0, 0.05) is 23.4 Å². The first-order valence-electron chi connectivity index (χ1n) is 8.06. The Labute approximate surface area is 169 Å². The third kappa shape index (κ3) is 4.29. The van der Waals surface area contributed by atoms with Crippen LogP contribution < -0.4 is 10.5 Å². The standard InChI is InChI=1S/C18H16BrFN4O3S/c1-11-22-6-7-24(11)17-5-2-12(8-16(17)20)10-23-18(25)14-9-13(28(21,26)27)3-4-15(14)19/h2-9H,10H2,1H3,(H,23,25)(H2,21,26,27). The van der Waals surface area contributed by atoms with E-state index in [1.54, 1.807) is 36.0 Å². The SMILES string of the molecule is Cc1nccn1-c1ccc(CNC(=O)c2cc(S(N)(=O)=O)ccc2Br)cc1F. The number of nitrogens with two attached hydrogens (primary N) is 1. The Morgan fingerprint density at radius 1 is 1.29 bits per heavy atom. The van der Waals surface area contributed by atoms with Crippen LogP contribution in [0, 0.1) is 12.7 Å². The van der Waals surface area contributed by atoms with Gasteiger partial charge in [-0.2, -0.15) is 0 Å². The van der Waals surface area contributed by atoms with Crippen molar-refractivity contribution in [2.45, 2.75) is 18.4 Å².